The van der Waals surface area contributed by atoms with E-state index in [4.69, 9.17) is 0 Å². The molecule has 0 spiro atoms. The molecule has 0 aliphatic heterocycles. The first kappa shape index (κ1) is 25.6. The van der Waals surface area contributed by atoms with Crippen molar-refractivity contribution in [3.63, 3.8) is 0 Å². The largest absolute Gasteiger partial charge is 0.393 e. The van der Waals surface area contributed by atoms with E-state index >= 15 is 0 Å². The van der Waals surface area contributed by atoms with Crippen molar-refractivity contribution in [3.05, 3.63) is 0 Å². The van der Waals surface area contributed by atoms with E-state index < -0.39 is 12.2 Å². The maximum absolute atomic E-state index is 13.3. The van der Waals surface area contributed by atoms with Gasteiger partial charge in [-0.05, 0) is 97.2 Å². The molecule has 4 aliphatic carbocycles. The number of aliphatic hydroxyl groups is 3. The van der Waals surface area contributed by atoms with Gasteiger partial charge in [-0.2, -0.15) is 0 Å². The fourth-order valence-electron chi connectivity index (χ4n) is 9.83. The number of carbonyl (C=O) groups excluding carboxylic acids is 1. The molecule has 190 valence electrons. The van der Waals surface area contributed by atoms with Gasteiger partial charge in [-0.1, -0.05) is 48.0 Å². The minimum atomic E-state index is -0.689. The molecule has 0 aromatic carbocycles. The fourth-order valence-corrected chi connectivity index (χ4v) is 9.83. The van der Waals surface area contributed by atoms with Gasteiger partial charge in [0, 0.05) is 12.3 Å². The molecule has 4 aliphatic rings. The highest BCUT2D eigenvalue weighted by Gasteiger charge is 2.63. The van der Waals surface area contributed by atoms with Crippen LogP contribution in [0.2, 0.25) is 0 Å². The first-order chi connectivity index (χ1) is 15.5. The minimum Gasteiger partial charge on any atom is -0.393 e. The summed E-state index contributed by atoms with van der Waals surface area (Å²) < 4.78 is 0. The van der Waals surface area contributed by atoms with Gasteiger partial charge in [0.15, 0.2) is 0 Å². The van der Waals surface area contributed by atoms with Crippen LogP contribution in [-0.2, 0) is 4.79 Å². The predicted molar refractivity (Wildman–Crippen MR) is 131 cm³/mol. The number of ketones is 1. The Bertz CT molecular complexity index is 720. The van der Waals surface area contributed by atoms with E-state index in [2.05, 4.69) is 41.5 Å². The zero-order valence-electron chi connectivity index (χ0n) is 22.0. The summed E-state index contributed by atoms with van der Waals surface area (Å²) in [5, 5.41) is 32.6. The fraction of sp³-hybridized carbons (Fsp3) is 0.966. The average molecular weight is 463 g/mol. The Morgan fingerprint density at radius 3 is 2.21 bits per heavy atom. The highest BCUT2D eigenvalue weighted by atomic mass is 16.3. The van der Waals surface area contributed by atoms with E-state index in [1.165, 1.54) is 6.42 Å². The van der Waals surface area contributed by atoms with E-state index in [1.807, 2.05) is 0 Å². The van der Waals surface area contributed by atoms with E-state index in [9.17, 15) is 20.1 Å². The molecule has 0 bridgehead atoms. The van der Waals surface area contributed by atoms with Gasteiger partial charge in [0.2, 0.25) is 0 Å². The summed E-state index contributed by atoms with van der Waals surface area (Å²) in [5.74, 6) is 2.94. The van der Waals surface area contributed by atoms with Gasteiger partial charge in [-0.15, -0.1) is 0 Å². The first-order valence-electron chi connectivity index (χ1n) is 14.0. The summed E-state index contributed by atoms with van der Waals surface area (Å²) in [6, 6.07) is 0. The van der Waals surface area contributed by atoms with Crippen LogP contribution in [0.4, 0.5) is 0 Å². The van der Waals surface area contributed by atoms with E-state index in [0.717, 1.165) is 38.5 Å². The number of hydrogen-bond acceptors (Lipinski definition) is 4. The predicted octanol–water partition coefficient (Wildman–Crippen LogP) is 5.23. The van der Waals surface area contributed by atoms with Crippen LogP contribution in [0.1, 0.15) is 99.3 Å². The van der Waals surface area contributed by atoms with Crippen molar-refractivity contribution in [1.29, 1.82) is 0 Å². The molecule has 3 N–H and O–H groups in total. The maximum atomic E-state index is 13.3. The van der Waals surface area contributed by atoms with Crippen LogP contribution >= 0.6 is 0 Å². The third-order valence-corrected chi connectivity index (χ3v) is 11.8. The average Bonchev–Trinajstić information content (AvgIpc) is 3.11. The molecule has 4 fully saturated rings. The summed E-state index contributed by atoms with van der Waals surface area (Å²) >= 11 is 0. The first-order valence-corrected chi connectivity index (χ1v) is 14.0. The van der Waals surface area contributed by atoms with Gasteiger partial charge in [0.1, 0.15) is 5.78 Å². The Morgan fingerprint density at radius 2 is 1.58 bits per heavy atom. The van der Waals surface area contributed by atoms with Gasteiger partial charge >= 0.3 is 0 Å². The van der Waals surface area contributed by atoms with Crippen molar-refractivity contribution < 1.29 is 20.1 Å². The highest BCUT2D eigenvalue weighted by molar-refractivity contribution is 5.83. The molecule has 4 nitrogen and oxygen atoms in total. The second kappa shape index (κ2) is 9.21. The van der Waals surface area contributed by atoms with Gasteiger partial charge < -0.3 is 15.3 Å². The minimum absolute atomic E-state index is 0.0435. The van der Waals surface area contributed by atoms with Crippen molar-refractivity contribution in [1.82, 2.24) is 0 Å². The monoisotopic (exact) mass is 462 g/mol. The SMILES string of the molecule is CC[C@@H](C(C)C)[C@@H](O)[C@H](O)[C@@H](C)[C@H]1CC[C@H]2[C@@H]3CC(=O)[C@H]4C[C@@H](O)CC[C@]4(C)[C@@H]3CC[C@]12C. The summed E-state index contributed by atoms with van der Waals surface area (Å²) in [7, 11) is 0. The lowest BCUT2D eigenvalue weighted by Gasteiger charge is -2.60. The van der Waals surface area contributed by atoms with Crippen molar-refractivity contribution in [2.45, 2.75) is 118 Å². The molecule has 0 heterocycles. The van der Waals surface area contributed by atoms with Gasteiger partial charge in [-0.25, -0.2) is 0 Å². The molecule has 0 amide bonds. The highest BCUT2D eigenvalue weighted by Crippen LogP contribution is 2.67. The smallest absolute Gasteiger partial charge is 0.136 e. The number of fused-ring (bicyclic) bond motifs is 5. The maximum Gasteiger partial charge on any atom is 0.136 e. The molecule has 0 aromatic heterocycles. The second-order valence-electron chi connectivity index (χ2n) is 13.4. The van der Waals surface area contributed by atoms with Crippen molar-refractivity contribution in [2.75, 3.05) is 0 Å². The Kier molecular flexibility index (Phi) is 7.15. The molecule has 12 atom stereocenters. The summed E-state index contributed by atoms with van der Waals surface area (Å²) in [6.07, 6.45) is 6.96. The van der Waals surface area contributed by atoms with E-state index in [1.54, 1.807) is 0 Å². The molecule has 33 heavy (non-hydrogen) atoms. The molecular weight excluding hydrogens is 412 g/mol. The second-order valence-corrected chi connectivity index (χ2v) is 13.4. The van der Waals surface area contributed by atoms with Crippen LogP contribution in [0.25, 0.3) is 0 Å². The van der Waals surface area contributed by atoms with Crippen LogP contribution in [0, 0.1) is 58.2 Å². The van der Waals surface area contributed by atoms with E-state index in [0.29, 0.717) is 48.2 Å². The zero-order chi connectivity index (χ0) is 24.3. The number of aliphatic hydroxyl groups excluding tert-OH is 3. The van der Waals surface area contributed by atoms with Crippen molar-refractivity contribution in [3.8, 4) is 0 Å². The Morgan fingerprint density at radius 1 is 0.939 bits per heavy atom. The molecule has 4 heteroatoms. The number of carbonyl (C=O) groups is 1. The molecule has 0 unspecified atom stereocenters. The molecule has 4 rings (SSSR count). The Labute approximate surface area is 201 Å². The summed E-state index contributed by atoms with van der Waals surface area (Å²) in [4.78, 5) is 13.3. The Balaban J connectivity index is 1.54. The van der Waals surface area contributed by atoms with Crippen LogP contribution in [0.3, 0.4) is 0 Å². The van der Waals surface area contributed by atoms with Crippen LogP contribution < -0.4 is 0 Å². The topological polar surface area (TPSA) is 77.8 Å². The zero-order valence-corrected chi connectivity index (χ0v) is 22.0. The quantitative estimate of drug-likeness (QED) is 0.505. The van der Waals surface area contributed by atoms with E-state index in [-0.39, 0.29) is 34.7 Å². The van der Waals surface area contributed by atoms with Gasteiger partial charge in [0.05, 0.1) is 18.3 Å². The van der Waals surface area contributed by atoms with Gasteiger partial charge in [0.25, 0.3) is 0 Å². The number of hydrogen-bond donors (Lipinski definition) is 3. The third kappa shape index (κ3) is 4.04. The molecular formula is C29H50O4. The van der Waals surface area contributed by atoms with Crippen LogP contribution in [0.5, 0.6) is 0 Å². The lowest BCUT2D eigenvalue weighted by atomic mass is 9.44. The van der Waals surface area contributed by atoms with Gasteiger partial charge in [-0.3, -0.25) is 4.79 Å². The molecule has 0 radical (unpaired) electrons. The molecule has 0 aromatic rings. The number of Topliss-reactive ketones (excluding diaryl/α,β-unsaturated/α-hetero) is 1. The number of rotatable bonds is 6. The van der Waals surface area contributed by atoms with Crippen molar-refractivity contribution >= 4 is 5.78 Å². The lowest BCUT2D eigenvalue weighted by molar-refractivity contribution is -0.161. The van der Waals surface area contributed by atoms with Crippen LogP contribution in [-0.4, -0.2) is 39.4 Å². The summed E-state index contributed by atoms with van der Waals surface area (Å²) in [6.45, 7) is 13.3. The Hall–Kier alpha value is -0.450. The molecule has 4 saturated carbocycles. The third-order valence-electron chi connectivity index (χ3n) is 11.8. The normalized spacial score (nSPS) is 46.8. The van der Waals surface area contributed by atoms with Crippen LogP contribution in [0.15, 0.2) is 0 Å². The lowest BCUT2D eigenvalue weighted by Crippen LogP contribution is -2.57. The van der Waals surface area contributed by atoms with Crippen molar-refractivity contribution in [2.24, 2.45) is 58.2 Å². The standard InChI is InChI=1S/C29H50O4/c1-7-19(16(2)3)27(33)26(32)17(4)21-8-9-22-20-15-25(31)24-14-18(30)10-12-29(24,6)23(20)11-13-28(21,22)5/h16-24,26-27,30,32-33H,7-15H2,1-6H3/t17-,18-,19-,20-,21+,22-,23+,24+,26+,27+,28+,29+/m0/s1. The molecule has 0 saturated heterocycles. The summed E-state index contributed by atoms with van der Waals surface area (Å²) in [5.41, 5.74) is 0.185.